The van der Waals surface area contributed by atoms with E-state index in [1.807, 2.05) is 19.1 Å². The van der Waals surface area contributed by atoms with E-state index < -0.39 is 0 Å². The number of aryl methyl sites for hydroxylation is 1. The molecule has 1 unspecified atom stereocenters. The Morgan fingerprint density at radius 3 is 2.95 bits per heavy atom. The lowest BCUT2D eigenvalue weighted by atomic mass is 10.1. The number of nitrogen functional groups attached to an aromatic ring is 1. The Bertz CT molecular complexity index is 510. The van der Waals surface area contributed by atoms with Crippen LogP contribution >= 0.6 is 0 Å². The van der Waals surface area contributed by atoms with Crippen molar-refractivity contribution in [3.63, 3.8) is 0 Å². The maximum absolute atomic E-state index is 12.2. The molecule has 108 valence electrons. The minimum Gasteiger partial charge on any atom is -0.399 e. The van der Waals surface area contributed by atoms with Gasteiger partial charge in [-0.1, -0.05) is 6.07 Å². The topological polar surface area (TPSA) is 58.4 Å². The van der Waals surface area contributed by atoms with Crippen LogP contribution in [0.25, 0.3) is 0 Å². The third-order valence-corrected chi connectivity index (χ3v) is 4.44. The van der Waals surface area contributed by atoms with Crippen LogP contribution in [0.2, 0.25) is 0 Å². The summed E-state index contributed by atoms with van der Waals surface area (Å²) in [6, 6.07) is 6.33. The molecule has 4 nitrogen and oxygen atoms in total. The van der Waals surface area contributed by atoms with Crippen LogP contribution < -0.4 is 11.1 Å². The average Bonchev–Trinajstić information content (AvgIpc) is 3.18. The molecule has 2 fully saturated rings. The first-order chi connectivity index (χ1) is 9.63. The van der Waals surface area contributed by atoms with Gasteiger partial charge in [0.2, 0.25) is 0 Å². The maximum Gasteiger partial charge on any atom is 0.251 e. The van der Waals surface area contributed by atoms with E-state index in [-0.39, 0.29) is 5.91 Å². The van der Waals surface area contributed by atoms with Gasteiger partial charge in [-0.2, -0.15) is 0 Å². The molecule has 4 heteroatoms. The maximum atomic E-state index is 12.2. The predicted octanol–water partition coefficient (Wildman–Crippen LogP) is 1.79. The molecule has 1 aliphatic heterocycles. The molecule has 1 aromatic rings. The van der Waals surface area contributed by atoms with E-state index in [2.05, 4.69) is 10.2 Å². The number of hydrogen-bond acceptors (Lipinski definition) is 3. The minimum absolute atomic E-state index is 0.000304. The van der Waals surface area contributed by atoms with Crippen LogP contribution in [0.1, 0.15) is 35.2 Å². The first-order valence-corrected chi connectivity index (χ1v) is 7.52. The number of carbonyl (C=O) groups excluding carboxylic acids is 1. The van der Waals surface area contributed by atoms with Gasteiger partial charge in [0.25, 0.3) is 5.91 Å². The van der Waals surface area contributed by atoms with Gasteiger partial charge in [0, 0.05) is 30.4 Å². The number of anilines is 1. The third kappa shape index (κ3) is 2.96. The van der Waals surface area contributed by atoms with E-state index in [0.717, 1.165) is 24.7 Å². The zero-order valence-corrected chi connectivity index (χ0v) is 12.1. The second-order valence-corrected chi connectivity index (χ2v) is 6.17. The average molecular weight is 273 g/mol. The molecule has 0 aromatic heterocycles. The summed E-state index contributed by atoms with van der Waals surface area (Å²) in [6.07, 6.45) is 3.93. The van der Waals surface area contributed by atoms with Gasteiger partial charge in [0.05, 0.1) is 0 Å². The Hall–Kier alpha value is -1.55. The van der Waals surface area contributed by atoms with Gasteiger partial charge in [-0.3, -0.25) is 4.79 Å². The van der Waals surface area contributed by atoms with Gasteiger partial charge in [-0.05, 0) is 56.3 Å². The Morgan fingerprint density at radius 1 is 1.40 bits per heavy atom. The number of rotatable bonds is 4. The molecule has 0 radical (unpaired) electrons. The lowest BCUT2D eigenvalue weighted by Gasteiger charge is -2.15. The van der Waals surface area contributed by atoms with Crippen molar-refractivity contribution in [2.45, 2.75) is 32.2 Å². The molecule has 2 aliphatic rings. The first kappa shape index (κ1) is 13.4. The fraction of sp³-hybridized carbons (Fsp3) is 0.562. The zero-order chi connectivity index (χ0) is 14.1. The molecule has 1 atom stereocenters. The lowest BCUT2D eigenvalue weighted by Crippen LogP contribution is -2.31. The van der Waals surface area contributed by atoms with Gasteiger partial charge in [0.15, 0.2) is 0 Å². The van der Waals surface area contributed by atoms with Gasteiger partial charge < -0.3 is 16.0 Å². The molecule has 1 amide bonds. The van der Waals surface area contributed by atoms with Gasteiger partial charge >= 0.3 is 0 Å². The molecule has 20 heavy (non-hydrogen) atoms. The first-order valence-electron chi connectivity index (χ1n) is 7.52. The van der Waals surface area contributed by atoms with Crippen LogP contribution in [0.15, 0.2) is 18.2 Å². The van der Waals surface area contributed by atoms with Crippen molar-refractivity contribution < 1.29 is 4.79 Å². The van der Waals surface area contributed by atoms with Crippen molar-refractivity contribution in [3.8, 4) is 0 Å². The largest absolute Gasteiger partial charge is 0.399 e. The number of nitrogens with two attached hydrogens (primary N) is 1. The molecule has 1 aromatic carbocycles. The lowest BCUT2D eigenvalue weighted by molar-refractivity contribution is 0.0947. The normalized spacial score (nSPS) is 22.9. The molecule has 3 N–H and O–H groups in total. The summed E-state index contributed by atoms with van der Waals surface area (Å²) in [4.78, 5) is 14.8. The van der Waals surface area contributed by atoms with E-state index in [9.17, 15) is 4.79 Å². The van der Waals surface area contributed by atoms with Gasteiger partial charge in [0.1, 0.15) is 0 Å². The van der Waals surface area contributed by atoms with E-state index >= 15 is 0 Å². The molecule has 3 rings (SSSR count). The van der Waals surface area contributed by atoms with Crippen molar-refractivity contribution in [2.24, 2.45) is 5.92 Å². The molecular weight excluding hydrogens is 250 g/mol. The van der Waals surface area contributed by atoms with Crippen LogP contribution in [-0.4, -0.2) is 36.5 Å². The smallest absolute Gasteiger partial charge is 0.251 e. The molecule has 0 bridgehead atoms. The standard InChI is InChI=1S/C16H23N3O/c1-11-2-3-13(17)8-15(11)16(20)18-9-12-6-7-19(10-12)14-4-5-14/h2-3,8,12,14H,4-7,9-10,17H2,1H3,(H,18,20). The highest BCUT2D eigenvalue weighted by atomic mass is 16.1. The summed E-state index contributed by atoms with van der Waals surface area (Å²) in [5, 5.41) is 3.07. The third-order valence-electron chi connectivity index (χ3n) is 4.44. The number of nitrogens with zero attached hydrogens (tertiary/aromatic N) is 1. The van der Waals surface area contributed by atoms with Crippen molar-refractivity contribution in [1.29, 1.82) is 0 Å². The van der Waals surface area contributed by atoms with E-state index in [1.165, 1.54) is 25.8 Å². The highest BCUT2D eigenvalue weighted by Crippen LogP contribution is 2.31. The predicted molar refractivity (Wildman–Crippen MR) is 80.6 cm³/mol. The van der Waals surface area contributed by atoms with Crippen LogP contribution in [-0.2, 0) is 0 Å². The van der Waals surface area contributed by atoms with Crippen molar-refractivity contribution in [3.05, 3.63) is 29.3 Å². The molecule has 1 heterocycles. The summed E-state index contributed by atoms with van der Waals surface area (Å²) >= 11 is 0. The van der Waals surface area contributed by atoms with Crippen LogP contribution in [0, 0.1) is 12.8 Å². The summed E-state index contributed by atoms with van der Waals surface area (Å²) in [6.45, 7) is 5.05. The molecule has 1 saturated heterocycles. The number of benzene rings is 1. The number of carbonyl (C=O) groups is 1. The highest BCUT2D eigenvalue weighted by Gasteiger charge is 2.34. The second-order valence-electron chi connectivity index (χ2n) is 6.17. The molecule has 0 spiro atoms. The van der Waals surface area contributed by atoms with E-state index in [4.69, 9.17) is 5.73 Å². The Balaban J connectivity index is 1.53. The molecule has 1 saturated carbocycles. The monoisotopic (exact) mass is 273 g/mol. The fourth-order valence-electron chi connectivity index (χ4n) is 3.02. The number of amides is 1. The quantitative estimate of drug-likeness (QED) is 0.822. The molecule has 1 aliphatic carbocycles. The van der Waals surface area contributed by atoms with Crippen LogP contribution in [0.5, 0.6) is 0 Å². The summed E-state index contributed by atoms with van der Waals surface area (Å²) in [5.41, 5.74) is 8.07. The summed E-state index contributed by atoms with van der Waals surface area (Å²) in [5.74, 6) is 0.598. The highest BCUT2D eigenvalue weighted by molar-refractivity contribution is 5.96. The van der Waals surface area contributed by atoms with Crippen LogP contribution in [0.4, 0.5) is 5.69 Å². The van der Waals surface area contributed by atoms with Crippen molar-refractivity contribution in [1.82, 2.24) is 10.2 Å². The Morgan fingerprint density at radius 2 is 2.20 bits per heavy atom. The Labute approximate surface area is 120 Å². The van der Waals surface area contributed by atoms with E-state index in [1.54, 1.807) is 6.07 Å². The fourth-order valence-corrected chi connectivity index (χ4v) is 3.02. The Kier molecular flexibility index (Phi) is 3.66. The minimum atomic E-state index is -0.000304. The molecular formula is C16H23N3O. The van der Waals surface area contributed by atoms with Gasteiger partial charge in [-0.25, -0.2) is 0 Å². The van der Waals surface area contributed by atoms with Crippen LogP contribution in [0.3, 0.4) is 0 Å². The van der Waals surface area contributed by atoms with Crippen molar-refractivity contribution in [2.75, 3.05) is 25.4 Å². The second kappa shape index (κ2) is 5.44. The van der Waals surface area contributed by atoms with E-state index in [0.29, 0.717) is 17.2 Å². The summed E-state index contributed by atoms with van der Waals surface area (Å²) in [7, 11) is 0. The number of hydrogen-bond donors (Lipinski definition) is 2. The number of nitrogens with one attached hydrogen (secondary N) is 1. The SMILES string of the molecule is Cc1ccc(N)cc1C(=O)NCC1CCN(C2CC2)C1. The zero-order valence-electron chi connectivity index (χ0n) is 12.1. The number of likely N-dealkylation sites (tertiary alicyclic amines) is 1. The van der Waals surface area contributed by atoms with Crippen molar-refractivity contribution >= 4 is 11.6 Å². The van der Waals surface area contributed by atoms with Gasteiger partial charge in [-0.15, -0.1) is 0 Å². The summed E-state index contributed by atoms with van der Waals surface area (Å²) < 4.78 is 0.